The highest BCUT2D eigenvalue weighted by Gasteiger charge is 2.24. The zero-order chi connectivity index (χ0) is 29.1. The number of carbonyl (C=O) groups is 1. The Bertz CT molecular complexity index is 1690. The maximum absolute atomic E-state index is 13.1. The largest absolute Gasteiger partial charge is 0.497 e. The average Bonchev–Trinajstić information content (AvgIpc) is 3.62. The maximum Gasteiger partial charge on any atom is 0.242 e. The highest BCUT2D eigenvalue weighted by Crippen LogP contribution is 2.34. The molecule has 1 N–H and O–H groups in total. The number of aromatic nitrogens is 3. The monoisotopic (exact) mass is 595 g/mol. The first-order valence-electron chi connectivity index (χ1n) is 12.6. The molecule has 13 heteroatoms. The number of nitrogens with zero attached hydrogens (tertiary/aromatic N) is 4. The number of hydrogen-bond donors (Lipinski definition) is 1. The third-order valence-corrected chi connectivity index (χ3v) is 9.22. The van der Waals surface area contributed by atoms with Crippen molar-refractivity contribution in [3.05, 3.63) is 72.3 Å². The van der Waals surface area contributed by atoms with E-state index in [1.54, 1.807) is 36.8 Å². The second-order valence-corrected chi connectivity index (χ2v) is 12.8. The summed E-state index contributed by atoms with van der Waals surface area (Å²) < 4.78 is 44.7. The van der Waals surface area contributed by atoms with Gasteiger partial charge < -0.3 is 19.5 Å². The molecule has 0 radical (unpaired) electrons. The number of carbonyl (C=O) groups excluding carboxylic acids is 1. The summed E-state index contributed by atoms with van der Waals surface area (Å²) >= 11 is 1.24. The van der Waals surface area contributed by atoms with E-state index < -0.39 is 15.3 Å². The molecule has 0 spiro atoms. The Balaban J connectivity index is 1.43. The fourth-order valence-electron chi connectivity index (χ4n) is 4.12. The molecule has 5 rings (SSSR count). The van der Waals surface area contributed by atoms with E-state index >= 15 is 0 Å². The Kier molecular flexibility index (Phi) is 8.20. The molecule has 1 atom stereocenters. The van der Waals surface area contributed by atoms with E-state index in [9.17, 15) is 13.2 Å². The van der Waals surface area contributed by atoms with E-state index in [2.05, 4.69) is 15.5 Å². The van der Waals surface area contributed by atoms with E-state index in [1.165, 1.54) is 31.9 Å². The third kappa shape index (κ3) is 6.01. The highest BCUT2D eigenvalue weighted by atomic mass is 32.2. The van der Waals surface area contributed by atoms with Gasteiger partial charge in [-0.3, -0.25) is 9.36 Å². The summed E-state index contributed by atoms with van der Waals surface area (Å²) in [6.07, 6.45) is 0. The van der Waals surface area contributed by atoms with Gasteiger partial charge >= 0.3 is 0 Å². The number of methoxy groups -OCH3 is 1. The van der Waals surface area contributed by atoms with Crippen molar-refractivity contribution in [2.24, 2.45) is 0 Å². The normalized spacial score (nSPS) is 13.3. The molecule has 1 aromatic heterocycles. The van der Waals surface area contributed by atoms with Crippen LogP contribution in [0.3, 0.4) is 0 Å². The quantitative estimate of drug-likeness (QED) is 0.273. The predicted octanol–water partition coefficient (Wildman–Crippen LogP) is 3.72. The van der Waals surface area contributed by atoms with Gasteiger partial charge in [0.25, 0.3) is 0 Å². The Morgan fingerprint density at radius 1 is 1.07 bits per heavy atom. The minimum absolute atomic E-state index is 0.130. The molecule has 1 aliphatic rings. The topological polar surface area (TPSA) is 125 Å². The Labute approximate surface area is 242 Å². The van der Waals surface area contributed by atoms with Crippen LogP contribution < -0.4 is 19.5 Å². The molecule has 11 nitrogen and oxygen atoms in total. The van der Waals surface area contributed by atoms with Crippen LogP contribution in [0, 0.1) is 0 Å². The molecule has 4 aromatic rings. The Morgan fingerprint density at radius 2 is 1.85 bits per heavy atom. The number of hydrogen-bond acceptors (Lipinski definition) is 9. The first-order chi connectivity index (χ1) is 19.7. The van der Waals surface area contributed by atoms with Gasteiger partial charge in [0.2, 0.25) is 22.7 Å². The molecule has 214 valence electrons. The second kappa shape index (κ2) is 11.8. The molecule has 1 aliphatic heterocycles. The van der Waals surface area contributed by atoms with Gasteiger partial charge in [-0.25, -0.2) is 12.7 Å². The lowest BCUT2D eigenvalue weighted by Crippen LogP contribution is -2.30. The SMILES string of the molecule is COc1cccc(-n2c(S[C@H](C)C(=O)NCc3ccc4c(c3)OCO4)nnc2-c2cccc(S(=O)(=O)N(C)C)c2)c1. The molecule has 41 heavy (non-hydrogen) atoms. The van der Waals surface area contributed by atoms with Crippen LogP contribution in [0.1, 0.15) is 12.5 Å². The van der Waals surface area contributed by atoms with E-state index in [-0.39, 0.29) is 17.6 Å². The predicted molar refractivity (Wildman–Crippen MR) is 154 cm³/mol. The molecule has 0 saturated carbocycles. The van der Waals surface area contributed by atoms with Crippen molar-refractivity contribution in [2.75, 3.05) is 28.0 Å². The number of rotatable bonds is 10. The summed E-state index contributed by atoms with van der Waals surface area (Å²) in [4.78, 5) is 13.2. The van der Waals surface area contributed by atoms with Crippen LogP contribution in [0.5, 0.6) is 17.2 Å². The first kappa shape index (κ1) is 28.5. The number of sulfonamides is 1. The fraction of sp³-hybridized carbons (Fsp3) is 0.250. The number of fused-ring (bicyclic) bond motifs is 1. The third-order valence-electron chi connectivity index (χ3n) is 6.37. The lowest BCUT2D eigenvalue weighted by atomic mass is 10.2. The molecular formula is C28H29N5O6S2. The van der Waals surface area contributed by atoms with Crippen LogP contribution in [-0.4, -0.2) is 66.6 Å². The molecule has 2 heterocycles. The van der Waals surface area contributed by atoms with Gasteiger partial charge in [-0.1, -0.05) is 36.0 Å². The maximum atomic E-state index is 13.1. The smallest absolute Gasteiger partial charge is 0.242 e. The summed E-state index contributed by atoms with van der Waals surface area (Å²) in [5, 5.41) is 11.7. The van der Waals surface area contributed by atoms with Gasteiger partial charge in [0.15, 0.2) is 22.5 Å². The van der Waals surface area contributed by atoms with E-state index in [1.807, 2.05) is 42.5 Å². The molecule has 0 fully saturated rings. The van der Waals surface area contributed by atoms with Crippen molar-refractivity contribution in [1.29, 1.82) is 0 Å². The standard InChI is InChI=1S/C28H29N5O6S2/c1-18(27(34)29-16-19-11-12-24-25(13-19)39-17-38-24)40-28-31-30-26(33(28)21-8-6-9-22(15-21)37-4)20-7-5-10-23(14-20)41(35,36)32(2)3/h5-15,18H,16-17H2,1-4H3,(H,29,34)/t18-/m1/s1. The second-order valence-electron chi connectivity index (χ2n) is 9.32. The van der Waals surface area contributed by atoms with Crippen molar-refractivity contribution in [2.45, 2.75) is 28.8 Å². The molecule has 1 amide bonds. The number of benzene rings is 3. The number of amides is 1. The van der Waals surface area contributed by atoms with Gasteiger partial charge in [-0.05, 0) is 48.9 Å². The summed E-state index contributed by atoms with van der Waals surface area (Å²) in [6, 6.07) is 19.4. The lowest BCUT2D eigenvalue weighted by molar-refractivity contribution is -0.120. The van der Waals surface area contributed by atoms with E-state index in [0.29, 0.717) is 46.0 Å². The van der Waals surface area contributed by atoms with Crippen molar-refractivity contribution in [3.8, 4) is 34.3 Å². The summed E-state index contributed by atoms with van der Waals surface area (Å²) in [6.45, 7) is 2.29. The molecule has 0 bridgehead atoms. The summed E-state index contributed by atoms with van der Waals surface area (Å²) in [5.41, 5.74) is 2.13. The zero-order valence-corrected chi connectivity index (χ0v) is 24.5. The molecular weight excluding hydrogens is 566 g/mol. The lowest BCUT2D eigenvalue weighted by Gasteiger charge is -2.15. The van der Waals surface area contributed by atoms with Gasteiger partial charge in [0.1, 0.15) is 5.75 Å². The van der Waals surface area contributed by atoms with Crippen molar-refractivity contribution < 1.29 is 27.4 Å². The number of nitrogens with one attached hydrogen (secondary N) is 1. The fourth-order valence-corrected chi connectivity index (χ4v) is 5.96. The molecule has 0 saturated heterocycles. The summed E-state index contributed by atoms with van der Waals surface area (Å²) in [7, 11) is 0.866. The minimum Gasteiger partial charge on any atom is -0.497 e. The summed E-state index contributed by atoms with van der Waals surface area (Å²) in [5.74, 6) is 2.19. The van der Waals surface area contributed by atoms with E-state index in [4.69, 9.17) is 14.2 Å². The van der Waals surface area contributed by atoms with Crippen molar-refractivity contribution >= 4 is 27.7 Å². The van der Waals surface area contributed by atoms with Crippen molar-refractivity contribution in [1.82, 2.24) is 24.4 Å². The van der Waals surface area contributed by atoms with Gasteiger partial charge in [0, 0.05) is 32.3 Å². The first-order valence-corrected chi connectivity index (χ1v) is 14.9. The minimum atomic E-state index is -3.67. The van der Waals surface area contributed by atoms with E-state index in [0.717, 1.165) is 9.87 Å². The zero-order valence-electron chi connectivity index (χ0n) is 22.9. The Hall–Kier alpha value is -4.07. The molecule has 0 aliphatic carbocycles. The van der Waals surface area contributed by atoms with Gasteiger partial charge in [0.05, 0.1) is 22.9 Å². The van der Waals surface area contributed by atoms with Crippen LogP contribution in [0.4, 0.5) is 0 Å². The Morgan fingerprint density at radius 3 is 2.63 bits per heavy atom. The highest BCUT2D eigenvalue weighted by molar-refractivity contribution is 8.00. The van der Waals surface area contributed by atoms with Crippen LogP contribution in [0.25, 0.3) is 17.1 Å². The van der Waals surface area contributed by atoms with Gasteiger partial charge in [-0.2, -0.15) is 0 Å². The van der Waals surface area contributed by atoms with Crippen LogP contribution in [-0.2, 0) is 21.4 Å². The van der Waals surface area contributed by atoms with Crippen LogP contribution in [0.15, 0.2) is 76.8 Å². The van der Waals surface area contributed by atoms with Gasteiger partial charge in [-0.15, -0.1) is 10.2 Å². The number of ether oxygens (including phenoxy) is 3. The number of thioether (sulfide) groups is 1. The van der Waals surface area contributed by atoms with Crippen molar-refractivity contribution in [3.63, 3.8) is 0 Å². The molecule has 3 aromatic carbocycles. The average molecular weight is 596 g/mol. The van der Waals surface area contributed by atoms with Crippen LogP contribution >= 0.6 is 11.8 Å². The van der Waals surface area contributed by atoms with Crippen LogP contribution in [0.2, 0.25) is 0 Å². The molecule has 0 unspecified atom stereocenters.